The van der Waals surface area contributed by atoms with Gasteiger partial charge >= 0.3 is 0 Å². The molecule has 1 aromatic rings. The molecule has 0 aliphatic rings. The van der Waals surface area contributed by atoms with Crippen molar-refractivity contribution in [2.75, 3.05) is 26.2 Å². The van der Waals surface area contributed by atoms with E-state index >= 15 is 0 Å². The van der Waals surface area contributed by atoms with Crippen molar-refractivity contribution in [3.05, 3.63) is 29.3 Å². The molecule has 102 valence electrons. The lowest BCUT2D eigenvalue weighted by atomic mass is 10.1. The van der Waals surface area contributed by atoms with Crippen molar-refractivity contribution >= 4 is 0 Å². The second kappa shape index (κ2) is 7.39. The maximum Gasteiger partial charge on any atom is 0.120 e. The molecule has 0 bridgehead atoms. The molecule has 0 aromatic heterocycles. The summed E-state index contributed by atoms with van der Waals surface area (Å²) in [5.41, 5.74) is 2.06. The van der Waals surface area contributed by atoms with E-state index in [0.29, 0.717) is 5.75 Å². The number of rotatable bonds is 7. The number of hydrogen-bond acceptors (Lipinski definition) is 3. The first-order chi connectivity index (χ1) is 8.58. The Hall–Kier alpha value is -1.06. The number of benzene rings is 1. The van der Waals surface area contributed by atoms with Crippen LogP contribution in [0.1, 0.15) is 37.9 Å². The van der Waals surface area contributed by atoms with E-state index in [9.17, 15) is 5.11 Å². The zero-order valence-electron chi connectivity index (χ0n) is 12.0. The number of phenolic OH excluding ortho intramolecular Hbond substituents is 1. The first-order valence-corrected chi connectivity index (χ1v) is 6.83. The van der Waals surface area contributed by atoms with Crippen LogP contribution in [0.4, 0.5) is 0 Å². The average Bonchev–Trinajstić information content (AvgIpc) is 2.34. The smallest absolute Gasteiger partial charge is 0.120 e. The molecule has 2 N–H and O–H groups in total. The van der Waals surface area contributed by atoms with Crippen LogP contribution < -0.4 is 5.32 Å². The van der Waals surface area contributed by atoms with Crippen molar-refractivity contribution in [1.29, 1.82) is 0 Å². The summed E-state index contributed by atoms with van der Waals surface area (Å²) in [4.78, 5) is 2.38. The molecule has 1 aromatic carbocycles. The molecule has 1 rings (SSSR count). The minimum atomic E-state index is 0.182. The van der Waals surface area contributed by atoms with Crippen LogP contribution in [-0.4, -0.2) is 36.2 Å². The predicted octanol–water partition coefficient (Wildman–Crippen LogP) is 2.69. The summed E-state index contributed by atoms with van der Waals surface area (Å²) in [5.74, 6) is 0.387. The van der Waals surface area contributed by atoms with Gasteiger partial charge in [-0.25, -0.2) is 0 Å². The van der Waals surface area contributed by atoms with Crippen LogP contribution in [0.15, 0.2) is 18.2 Å². The Morgan fingerprint density at radius 3 is 2.50 bits per heavy atom. The van der Waals surface area contributed by atoms with E-state index in [-0.39, 0.29) is 6.04 Å². The number of aryl methyl sites for hydroxylation is 1. The Morgan fingerprint density at radius 2 is 1.94 bits per heavy atom. The van der Waals surface area contributed by atoms with E-state index in [2.05, 4.69) is 31.0 Å². The van der Waals surface area contributed by atoms with Gasteiger partial charge in [-0.2, -0.15) is 0 Å². The standard InChI is InChI=1S/C15H26N2O/c1-5-17(6-2)10-9-16-13(4)14-8-7-12(3)11-15(14)18/h7-8,11,13,16,18H,5-6,9-10H2,1-4H3. The van der Waals surface area contributed by atoms with Crippen molar-refractivity contribution in [2.45, 2.75) is 33.7 Å². The summed E-state index contributed by atoms with van der Waals surface area (Å²) >= 11 is 0. The van der Waals surface area contributed by atoms with E-state index in [1.54, 1.807) is 0 Å². The molecule has 3 nitrogen and oxygen atoms in total. The summed E-state index contributed by atoms with van der Waals surface area (Å²) in [5, 5.41) is 13.4. The number of nitrogens with zero attached hydrogens (tertiary/aromatic N) is 1. The van der Waals surface area contributed by atoms with E-state index in [0.717, 1.165) is 37.3 Å². The molecule has 0 aliphatic heterocycles. The average molecular weight is 250 g/mol. The fraction of sp³-hybridized carbons (Fsp3) is 0.600. The van der Waals surface area contributed by atoms with E-state index in [1.165, 1.54) is 0 Å². The van der Waals surface area contributed by atoms with Crippen LogP contribution in [0.5, 0.6) is 5.75 Å². The maximum absolute atomic E-state index is 9.91. The highest BCUT2D eigenvalue weighted by Crippen LogP contribution is 2.24. The highest BCUT2D eigenvalue weighted by Gasteiger charge is 2.09. The van der Waals surface area contributed by atoms with Crippen LogP contribution >= 0.6 is 0 Å². The largest absolute Gasteiger partial charge is 0.508 e. The number of likely N-dealkylation sites (N-methyl/N-ethyl adjacent to an activating group) is 1. The SMILES string of the molecule is CCN(CC)CCNC(C)c1ccc(C)cc1O. The Kier molecular flexibility index (Phi) is 6.16. The quantitative estimate of drug-likeness (QED) is 0.781. The monoisotopic (exact) mass is 250 g/mol. The minimum Gasteiger partial charge on any atom is -0.508 e. The molecule has 0 spiro atoms. The van der Waals surface area contributed by atoms with Gasteiger partial charge in [0.2, 0.25) is 0 Å². The summed E-state index contributed by atoms with van der Waals surface area (Å²) in [7, 11) is 0. The molecule has 1 atom stereocenters. The fourth-order valence-electron chi connectivity index (χ4n) is 2.11. The van der Waals surface area contributed by atoms with Crippen molar-refractivity contribution in [3.63, 3.8) is 0 Å². The molecule has 0 radical (unpaired) electrons. The second-order valence-electron chi connectivity index (χ2n) is 4.76. The molecule has 0 saturated heterocycles. The summed E-state index contributed by atoms with van der Waals surface area (Å²) in [6.45, 7) is 12.6. The van der Waals surface area contributed by atoms with Gasteiger partial charge in [-0.3, -0.25) is 0 Å². The third-order valence-electron chi connectivity index (χ3n) is 3.43. The topological polar surface area (TPSA) is 35.5 Å². The Bertz CT molecular complexity index is 362. The van der Waals surface area contributed by atoms with Crippen molar-refractivity contribution in [3.8, 4) is 5.75 Å². The van der Waals surface area contributed by atoms with Gasteiger partial charge < -0.3 is 15.3 Å². The van der Waals surface area contributed by atoms with Crippen LogP contribution in [0.3, 0.4) is 0 Å². The van der Waals surface area contributed by atoms with Crippen molar-refractivity contribution < 1.29 is 5.11 Å². The lowest BCUT2D eigenvalue weighted by Crippen LogP contribution is -2.33. The molecule has 0 saturated carbocycles. The van der Waals surface area contributed by atoms with E-state index < -0.39 is 0 Å². The van der Waals surface area contributed by atoms with Gasteiger partial charge in [0.1, 0.15) is 5.75 Å². The van der Waals surface area contributed by atoms with Gasteiger partial charge in [0, 0.05) is 24.7 Å². The third kappa shape index (κ3) is 4.31. The van der Waals surface area contributed by atoms with Gasteiger partial charge in [0.15, 0.2) is 0 Å². The maximum atomic E-state index is 9.91. The normalized spacial score (nSPS) is 12.9. The lowest BCUT2D eigenvalue weighted by Gasteiger charge is -2.21. The minimum absolute atomic E-state index is 0.182. The zero-order chi connectivity index (χ0) is 13.5. The number of phenols is 1. The summed E-state index contributed by atoms with van der Waals surface area (Å²) in [6.07, 6.45) is 0. The van der Waals surface area contributed by atoms with Gasteiger partial charge in [-0.1, -0.05) is 26.0 Å². The Labute approximate surface area is 111 Å². The van der Waals surface area contributed by atoms with Crippen molar-refractivity contribution in [1.82, 2.24) is 10.2 Å². The van der Waals surface area contributed by atoms with Crippen LogP contribution in [-0.2, 0) is 0 Å². The molecule has 0 amide bonds. The van der Waals surface area contributed by atoms with Gasteiger partial charge in [-0.15, -0.1) is 0 Å². The van der Waals surface area contributed by atoms with Gasteiger partial charge in [0.05, 0.1) is 0 Å². The second-order valence-corrected chi connectivity index (χ2v) is 4.76. The van der Waals surface area contributed by atoms with Gasteiger partial charge in [-0.05, 0) is 38.6 Å². The Balaban J connectivity index is 2.47. The summed E-state index contributed by atoms with van der Waals surface area (Å²) in [6, 6.07) is 6.04. The first-order valence-electron chi connectivity index (χ1n) is 6.83. The fourth-order valence-corrected chi connectivity index (χ4v) is 2.11. The molecule has 0 aliphatic carbocycles. The van der Waals surface area contributed by atoms with E-state index in [4.69, 9.17) is 0 Å². The van der Waals surface area contributed by atoms with Crippen LogP contribution in [0, 0.1) is 6.92 Å². The number of aromatic hydroxyl groups is 1. The number of hydrogen-bond donors (Lipinski definition) is 2. The predicted molar refractivity (Wildman–Crippen MR) is 77.0 cm³/mol. The zero-order valence-corrected chi connectivity index (χ0v) is 12.0. The highest BCUT2D eigenvalue weighted by atomic mass is 16.3. The van der Waals surface area contributed by atoms with E-state index in [1.807, 2.05) is 25.1 Å². The third-order valence-corrected chi connectivity index (χ3v) is 3.43. The van der Waals surface area contributed by atoms with Crippen molar-refractivity contribution in [2.24, 2.45) is 0 Å². The van der Waals surface area contributed by atoms with Gasteiger partial charge in [0.25, 0.3) is 0 Å². The molecule has 1 unspecified atom stereocenters. The molecule has 3 heteroatoms. The molecule has 0 heterocycles. The number of nitrogens with one attached hydrogen (secondary N) is 1. The molecular weight excluding hydrogens is 224 g/mol. The van der Waals surface area contributed by atoms with Crippen LogP contribution in [0.2, 0.25) is 0 Å². The first kappa shape index (κ1) is 15.0. The molecule has 18 heavy (non-hydrogen) atoms. The lowest BCUT2D eigenvalue weighted by molar-refractivity contribution is 0.297. The van der Waals surface area contributed by atoms with Crippen LogP contribution in [0.25, 0.3) is 0 Å². The molecule has 0 fully saturated rings. The highest BCUT2D eigenvalue weighted by molar-refractivity contribution is 5.37. The molecular formula is C15H26N2O. The Morgan fingerprint density at radius 1 is 1.28 bits per heavy atom. The summed E-state index contributed by atoms with van der Waals surface area (Å²) < 4.78 is 0.